The summed E-state index contributed by atoms with van der Waals surface area (Å²) in [5, 5.41) is 10.4. The van der Waals surface area contributed by atoms with Crippen molar-refractivity contribution in [2.24, 2.45) is 0 Å². The zero-order valence-electron chi connectivity index (χ0n) is 23.0. The van der Waals surface area contributed by atoms with Crippen LogP contribution in [0.25, 0.3) is 22.3 Å². The van der Waals surface area contributed by atoms with E-state index in [4.69, 9.17) is 9.47 Å². The van der Waals surface area contributed by atoms with Crippen molar-refractivity contribution in [3.63, 3.8) is 0 Å². The molecule has 0 fully saturated rings. The number of carboxylic acids is 1. The Morgan fingerprint density at radius 1 is 1.08 bits per heavy atom. The number of hydrogen-bond donors (Lipinski definition) is 3. The Hall–Kier alpha value is -3.27. The standard InChI is InChI=1S/C30H34FNO6S/c1-16-14-20(9-11-22(16)31)25-17(2)24(21-10-12-23-19(15-21)8-7-13-37-23)26(18(3)27(25)32-39(35)36)28(29(33)34)38-30(4,5)6/h9-12,14-15,28,32H,7-8,13H2,1-6H3,(H,33,34)(H,35,36). The lowest BCUT2D eigenvalue weighted by atomic mass is 9.82. The van der Waals surface area contributed by atoms with Gasteiger partial charge in [0.05, 0.1) is 17.9 Å². The fourth-order valence-electron chi connectivity index (χ4n) is 5.20. The largest absolute Gasteiger partial charge is 0.493 e. The molecule has 1 heterocycles. The van der Waals surface area contributed by atoms with Crippen LogP contribution in [0, 0.1) is 26.6 Å². The van der Waals surface area contributed by atoms with Crippen molar-refractivity contribution in [3.8, 4) is 28.0 Å². The molecule has 3 aromatic rings. The molecule has 0 aliphatic carbocycles. The number of rotatable bonds is 7. The Labute approximate surface area is 230 Å². The maximum atomic E-state index is 14.2. The van der Waals surface area contributed by atoms with Gasteiger partial charge in [0, 0.05) is 11.1 Å². The highest BCUT2D eigenvalue weighted by Crippen LogP contribution is 2.47. The summed E-state index contributed by atoms with van der Waals surface area (Å²) in [5.74, 6) is -0.758. The van der Waals surface area contributed by atoms with Gasteiger partial charge >= 0.3 is 5.97 Å². The highest BCUT2D eigenvalue weighted by molar-refractivity contribution is 7.80. The van der Waals surface area contributed by atoms with Crippen molar-refractivity contribution in [3.05, 3.63) is 70.0 Å². The fraction of sp³-hybridized carbons (Fsp3) is 0.367. The summed E-state index contributed by atoms with van der Waals surface area (Å²) >= 11 is -2.46. The van der Waals surface area contributed by atoms with E-state index in [-0.39, 0.29) is 11.5 Å². The number of halogens is 1. The summed E-state index contributed by atoms with van der Waals surface area (Å²) in [6, 6.07) is 10.4. The second kappa shape index (κ2) is 11.1. The predicted molar refractivity (Wildman–Crippen MR) is 151 cm³/mol. The Balaban J connectivity index is 2.14. The summed E-state index contributed by atoms with van der Waals surface area (Å²) < 4.78 is 50.7. The van der Waals surface area contributed by atoms with Crippen LogP contribution in [0.5, 0.6) is 5.75 Å². The Morgan fingerprint density at radius 2 is 1.74 bits per heavy atom. The minimum absolute atomic E-state index is 0.281. The Bertz CT molecular complexity index is 1460. The van der Waals surface area contributed by atoms with Gasteiger partial charge in [-0.25, -0.2) is 13.4 Å². The van der Waals surface area contributed by atoms with Crippen LogP contribution in [-0.2, 0) is 27.2 Å². The number of benzene rings is 3. The molecular formula is C30H34FNO6S. The molecule has 3 aromatic carbocycles. The average molecular weight is 556 g/mol. The molecule has 0 aromatic heterocycles. The van der Waals surface area contributed by atoms with Gasteiger partial charge in [-0.15, -0.1) is 0 Å². The molecule has 0 amide bonds. The quantitative estimate of drug-likeness (QED) is 0.274. The maximum absolute atomic E-state index is 14.2. The first-order valence-electron chi connectivity index (χ1n) is 12.8. The number of aliphatic carboxylic acids is 1. The van der Waals surface area contributed by atoms with Crippen LogP contribution in [0.3, 0.4) is 0 Å². The van der Waals surface area contributed by atoms with Gasteiger partial charge in [0.1, 0.15) is 11.6 Å². The van der Waals surface area contributed by atoms with Crippen molar-refractivity contribution in [1.29, 1.82) is 0 Å². The molecule has 39 heavy (non-hydrogen) atoms. The van der Waals surface area contributed by atoms with Gasteiger partial charge in [0.2, 0.25) is 0 Å². The number of fused-ring (bicyclic) bond motifs is 1. The predicted octanol–water partition coefficient (Wildman–Crippen LogP) is 6.90. The summed E-state index contributed by atoms with van der Waals surface area (Å²) in [4.78, 5) is 12.7. The van der Waals surface area contributed by atoms with Crippen molar-refractivity contribution >= 4 is 22.9 Å². The minimum atomic E-state index is -2.46. The van der Waals surface area contributed by atoms with E-state index in [0.29, 0.717) is 45.6 Å². The van der Waals surface area contributed by atoms with E-state index in [0.717, 1.165) is 29.7 Å². The molecular weight excluding hydrogens is 521 g/mol. The Kier molecular flexibility index (Phi) is 8.16. The molecule has 2 atom stereocenters. The summed E-state index contributed by atoms with van der Waals surface area (Å²) in [6.45, 7) is 11.2. The highest BCUT2D eigenvalue weighted by Gasteiger charge is 2.34. The number of nitrogens with one attached hydrogen (secondary N) is 1. The summed E-state index contributed by atoms with van der Waals surface area (Å²) in [5.41, 5.74) is 5.01. The average Bonchev–Trinajstić information content (AvgIpc) is 2.85. The molecule has 208 valence electrons. The molecule has 2 unspecified atom stereocenters. The first-order valence-corrected chi connectivity index (χ1v) is 13.9. The van der Waals surface area contributed by atoms with E-state index < -0.39 is 28.9 Å². The Morgan fingerprint density at radius 3 is 2.36 bits per heavy atom. The van der Waals surface area contributed by atoms with Gasteiger partial charge in [0.15, 0.2) is 6.10 Å². The summed E-state index contributed by atoms with van der Waals surface area (Å²) in [6.07, 6.45) is 0.324. The molecule has 0 saturated heterocycles. The summed E-state index contributed by atoms with van der Waals surface area (Å²) in [7, 11) is 0. The van der Waals surface area contributed by atoms with Gasteiger partial charge in [0.25, 0.3) is 11.3 Å². The molecule has 0 spiro atoms. The third-order valence-electron chi connectivity index (χ3n) is 6.84. The second-order valence-electron chi connectivity index (χ2n) is 10.8. The van der Waals surface area contributed by atoms with Crippen molar-refractivity contribution in [1.82, 2.24) is 0 Å². The number of carbonyl (C=O) groups is 1. The monoisotopic (exact) mass is 555 g/mol. The lowest BCUT2D eigenvalue weighted by Gasteiger charge is -2.31. The number of hydrogen-bond acceptors (Lipinski definition) is 4. The fourth-order valence-corrected chi connectivity index (χ4v) is 5.63. The van der Waals surface area contributed by atoms with E-state index >= 15 is 0 Å². The van der Waals surface area contributed by atoms with Crippen molar-refractivity contribution in [2.45, 2.75) is 66.1 Å². The molecule has 1 aliphatic heterocycles. The number of carboxylic acid groups (broad SMARTS) is 1. The first kappa shape index (κ1) is 28.7. The van der Waals surface area contributed by atoms with E-state index in [1.54, 1.807) is 46.8 Å². The number of anilines is 1. The molecule has 1 aliphatic rings. The van der Waals surface area contributed by atoms with Crippen molar-refractivity contribution < 1.29 is 32.5 Å². The normalized spacial score (nSPS) is 14.8. The molecule has 0 radical (unpaired) electrons. The smallest absolute Gasteiger partial charge is 0.337 e. The number of ether oxygens (including phenoxy) is 2. The van der Waals surface area contributed by atoms with Gasteiger partial charge in [-0.1, -0.05) is 12.1 Å². The molecule has 7 nitrogen and oxygen atoms in total. The lowest BCUT2D eigenvalue weighted by Crippen LogP contribution is -2.29. The van der Waals surface area contributed by atoms with Crippen LogP contribution in [0.15, 0.2) is 36.4 Å². The van der Waals surface area contributed by atoms with E-state index in [1.165, 1.54) is 6.07 Å². The van der Waals surface area contributed by atoms with Crippen LogP contribution in [0.4, 0.5) is 10.1 Å². The second-order valence-corrected chi connectivity index (χ2v) is 11.5. The van der Waals surface area contributed by atoms with Crippen molar-refractivity contribution in [2.75, 3.05) is 11.3 Å². The van der Waals surface area contributed by atoms with Crippen LogP contribution in [-0.4, -0.2) is 32.0 Å². The minimum Gasteiger partial charge on any atom is -0.493 e. The SMILES string of the molecule is Cc1cc(-c2c(C)c(-c3ccc4c(c3)CCCO4)c(C(OC(C)(C)C)C(=O)O)c(C)c2NS(=O)O)ccc1F. The maximum Gasteiger partial charge on any atom is 0.337 e. The molecule has 3 N–H and O–H groups in total. The van der Waals surface area contributed by atoms with Gasteiger partial charge in [-0.2, -0.15) is 0 Å². The van der Waals surface area contributed by atoms with Crippen LogP contribution >= 0.6 is 0 Å². The third-order valence-corrected chi connectivity index (χ3v) is 7.22. The molecule has 0 bridgehead atoms. The zero-order valence-corrected chi connectivity index (χ0v) is 23.8. The molecule has 4 rings (SSSR count). The molecule has 9 heteroatoms. The van der Waals surface area contributed by atoms with Gasteiger partial charge < -0.3 is 14.6 Å². The molecule has 0 saturated carbocycles. The highest BCUT2D eigenvalue weighted by atomic mass is 32.2. The van der Waals surface area contributed by atoms with Gasteiger partial charge in [-0.05, 0) is 118 Å². The third kappa shape index (κ3) is 6.00. The first-order chi connectivity index (χ1) is 18.3. The van der Waals surface area contributed by atoms with E-state index in [9.17, 15) is 23.1 Å². The zero-order chi connectivity index (χ0) is 28.6. The van der Waals surface area contributed by atoms with Crippen LogP contribution in [0.1, 0.15) is 61.1 Å². The topological polar surface area (TPSA) is 105 Å². The van der Waals surface area contributed by atoms with Gasteiger partial charge in [-0.3, -0.25) is 9.27 Å². The lowest BCUT2D eigenvalue weighted by molar-refractivity contribution is -0.160. The van der Waals surface area contributed by atoms with Crippen LogP contribution < -0.4 is 9.46 Å². The van der Waals surface area contributed by atoms with E-state index in [1.807, 2.05) is 25.1 Å². The van der Waals surface area contributed by atoms with Crippen LogP contribution in [0.2, 0.25) is 0 Å². The van der Waals surface area contributed by atoms with E-state index in [2.05, 4.69) is 4.72 Å². The number of aryl methyl sites for hydroxylation is 2.